The van der Waals surface area contributed by atoms with E-state index >= 15 is 0 Å². The lowest BCUT2D eigenvalue weighted by atomic mass is 10.0. The molecule has 4 rings (SSSR count). The predicted octanol–water partition coefficient (Wildman–Crippen LogP) is 1.31. The molecular weight excluding hydrogens is 612 g/mol. The minimum atomic E-state index is -1.38. The highest BCUT2D eigenvalue weighted by Crippen LogP contribution is 2.22. The van der Waals surface area contributed by atoms with Crippen LogP contribution in [-0.2, 0) is 43.4 Å². The number of carbonyl (C=O) groups excluding carboxylic acids is 5. The molecular formula is C36H42N6O6. The molecule has 0 fully saturated rings. The molecule has 48 heavy (non-hydrogen) atoms. The van der Waals surface area contributed by atoms with Gasteiger partial charge in [-0.25, -0.2) is 0 Å². The number of fused-ring (bicyclic) bond motifs is 1. The quantitative estimate of drug-likeness (QED) is 0.113. The number of nitrogens with two attached hydrogens (primary N) is 1. The molecule has 3 aromatic carbocycles. The second kappa shape index (κ2) is 17.0. The third kappa shape index (κ3) is 9.36. The van der Waals surface area contributed by atoms with Gasteiger partial charge in [0.1, 0.15) is 18.1 Å². The number of likely N-dealkylation sites (N-methyl/N-ethyl adjacent to an activating group) is 1. The Morgan fingerprint density at radius 1 is 0.833 bits per heavy atom. The van der Waals surface area contributed by atoms with Gasteiger partial charge in [-0.2, -0.15) is 0 Å². The summed E-state index contributed by atoms with van der Waals surface area (Å²) in [5.41, 5.74) is 8.41. The Morgan fingerprint density at radius 2 is 1.44 bits per heavy atom. The molecule has 12 heteroatoms. The topological polar surface area (TPSA) is 176 Å². The van der Waals surface area contributed by atoms with Gasteiger partial charge in [-0.15, -0.1) is 0 Å². The smallest absolute Gasteiger partial charge is 0.245 e. The average Bonchev–Trinajstić information content (AvgIpc) is 3.44. The van der Waals surface area contributed by atoms with Gasteiger partial charge in [0.15, 0.2) is 0 Å². The number of aliphatic hydroxyl groups is 1. The first kappa shape index (κ1) is 35.5. The van der Waals surface area contributed by atoms with E-state index in [0.29, 0.717) is 29.4 Å². The summed E-state index contributed by atoms with van der Waals surface area (Å²) in [6, 6.07) is 22.2. The van der Waals surface area contributed by atoms with Gasteiger partial charge >= 0.3 is 0 Å². The van der Waals surface area contributed by atoms with Gasteiger partial charge in [0.2, 0.25) is 30.0 Å². The summed E-state index contributed by atoms with van der Waals surface area (Å²) in [5, 5.41) is 19.1. The van der Waals surface area contributed by atoms with Crippen molar-refractivity contribution in [1.29, 1.82) is 0 Å². The van der Waals surface area contributed by atoms with Crippen molar-refractivity contribution in [3.63, 3.8) is 0 Å². The molecule has 4 atom stereocenters. The summed E-state index contributed by atoms with van der Waals surface area (Å²) >= 11 is 0. The Morgan fingerprint density at radius 3 is 2.06 bits per heavy atom. The molecule has 4 aromatic rings. The van der Waals surface area contributed by atoms with Gasteiger partial charge in [0.05, 0.1) is 11.6 Å². The molecule has 0 bridgehead atoms. The minimum absolute atomic E-state index is 0.0430. The standard InChI is InChI=1S/C36H42N6O6/c1-24(44)33(40-32(45)17-18-37)35(47)38-29(20-27-22-42(23-43)31-16-10-9-15-28(27)31)34(46)39-30(19-25-11-5-3-6-12-25)36(48)41(2)21-26-13-7-4-8-14-26/h3-16,22-24,29-30,33,44H,17-21,37H2,1-2H3,(H,38,47)(H,39,46)(H,40,45)/t24?,29-,30+,33?/m1/s1. The van der Waals surface area contributed by atoms with E-state index in [1.807, 2.05) is 60.7 Å². The molecule has 1 heterocycles. The average molecular weight is 655 g/mol. The minimum Gasteiger partial charge on any atom is -0.391 e. The Bertz CT molecular complexity index is 1710. The lowest BCUT2D eigenvalue weighted by molar-refractivity contribution is -0.137. The molecule has 0 saturated heterocycles. The van der Waals surface area contributed by atoms with Crippen molar-refractivity contribution in [2.75, 3.05) is 13.6 Å². The number of aromatic nitrogens is 1. The highest BCUT2D eigenvalue weighted by molar-refractivity contribution is 5.96. The molecule has 1 aromatic heterocycles. The predicted molar refractivity (Wildman–Crippen MR) is 182 cm³/mol. The number of hydrogen-bond acceptors (Lipinski definition) is 7. The Balaban J connectivity index is 1.66. The van der Waals surface area contributed by atoms with E-state index in [0.717, 1.165) is 11.1 Å². The zero-order valence-corrected chi connectivity index (χ0v) is 27.0. The highest BCUT2D eigenvalue weighted by atomic mass is 16.3. The van der Waals surface area contributed by atoms with Crippen LogP contribution in [0.5, 0.6) is 0 Å². The number of rotatable bonds is 16. The first-order valence-corrected chi connectivity index (χ1v) is 15.8. The van der Waals surface area contributed by atoms with Crippen LogP contribution in [0.25, 0.3) is 10.9 Å². The number of amides is 4. The van der Waals surface area contributed by atoms with Crippen molar-refractivity contribution in [2.45, 2.75) is 57.0 Å². The van der Waals surface area contributed by atoms with Gasteiger partial charge in [-0.1, -0.05) is 78.9 Å². The molecule has 0 spiro atoms. The summed E-state index contributed by atoms with van der Waals surface area (Å²) in [7, 11) is 1.66. The highest BCUT2D eigenvalue weighted by Gasteiger charge is 2.33. The first-order chi connectivity index (χ1) is 23.1. The molecule has 0 saturated carbocycles. The van der Waals surface area contributed by atoms with Gasteiger partial charge in [0.25, 0.3) is 0 Å². The monoisotopic (exact) mass is 654 g/mol. The lowest BCUT2D eigenvalue weighted by Crippen LogP contribution is -2.59. The number of nitrogens with one attached hydrogen (secondary N) is 3. The normalized spacial score (nSPS) is 13.5. The van der Waals surface area contributed by atoms with E-state index in [-0.39, 0.29) is 31.7 Å². The third-order valence-corrected chi connectivity index (χ3v) is 7.98. The van der Waals surface area contributed by atoms with Gasteiger partial charge in [0, 0.05) is 51.0 Å². The summed E-state index contributed by atoms with van der Waals surface area (Å²) in [6.45, 7) is 1.70. The van der Waals surface area contributed by atoms with E-state index in [1.54, 1.807) is 37.5 Å². The van der Waals surface area contributed by atoms with Crippen molar-refractivity contribution in [3.8, 4) is 0 Å². The van der Waals surface area contributed by atoms with Crippen molar-refractivity contribution in [3.05, 3.63) is 108 Å². The fourth-order valence-corrected chi connectivity index (χ4v) is 5.52. The Kier molecular flexibility index (Phi) is 12.6. The second-order valence-corrected chi connectivity index (χ2v) is 11.7. The van der Waals surface area contributed by atoms with Crippen LogP contribution < -0.4 is 21.7 Å². The second-order valence-electron chi connectivity index (χ2n) is 11.7. The SMILES string of the molecule is CC(O)C(NC(=O)CCN)C(=O)N[C@H](Cc1cn(C=O)c2ccccc12)C(=O)N[C@@H](Cc1ccccc1)C(=O)N(C)Cc1ccccc1. The van der Waals surface area contributed by atoms with E-state index in [4.69, 9.17) is 5.73 Å². The zero-order valence-electron chi connectivity index (χ0n) is 27.0. The maximum absolute atomic E-state index is 14.2. The fraction of sp³-hybridized carbons (Fsp3) is 0.306. The van der Waals surface area contributed by atoms with Crippen LogP contribution >= 0.6 is 0 Å². The molecule has 4 amide bonds. The summed E-state index contributed by atoms with van der Waals surface area (Å²) < 4.78 is 1.38. The molecule has 0 radical (unpaired) electrons. The van der Waals surface area contributed by atoms with Crippen LogP contribution in [0.1, 0.15) is 30.0 Å². The number of aliphatic hydroxyl groups excluding tert-OH is 1. The first-order valence-electron chi connectivity index (χ1n) is 15.8. The van der Waals surface area contributed by atoms with Crippen molar-refractivity contribution < 1.29 is 29.1 Å². The molecule has 252 valence electrons. The largest absolute Gasteiger partial charge is 0.391 e. The fourth-order valence-electron chi connectivity index (χ4n) is 5.52. The van der Waals surface area contributed by atoms with Crippen molar-refractivity contribution in [1.82, 2.24) is 25.4 Å². The number of benzene rings is 3. The molecule has 12 nitrogen and oxygen atoms in total. The van der Waals surface area contributed by atoms with E-state index < -0.39 is 42.0 Å². The van der Waals surface area contributed by atoms with Crippen LogP contribution in [0, 0.1) is 0 Å². The van der Waals surface area contributed by atoms with Gasteiger partial charge in [-0.3, -0.25) is 28.5 Å². The van der Waals surface area contributed by atoms with E-state index in [9.17, 15) is 29.1 Å². The van der Waals surface area contributed by atoms with Crippen LogP contribution in [0.4, 0.5) is 0 Å². The zero-order chi connectivity index (χ0) is 34.6. The van der Waals surface area contributed by atoms with E-state index in [2.05, 4.69) is 16.0 Å². The van der Waals surface area contributed by atoms with Crippen LogP contribution in [0.15, 0.2) is 91.1 Å². The third-order valence-electron chi connectivity index (χ3n) is 7.98. The van der Waals surface area contributed by atoms with Crippen molar-refractivity contribution in [2.24, 2.45) is 5.73 Å². The molecule has 6 N–H and O–H groups in total. The van der Waals surface area contributed by atoms with E-state index in [1.165, 1.54) is 16.4 Å². The molecule has 0 aliphatic heterocycles. The van der Waals surface area contributed by atoms with Crippen LogP contribution in [-0.4, -0.2) is 82.4 Å². The summed E-state index contributed by atoms with van der Waals surface area (Å²) in [6.07, 6.45) is 0.986. The van der Waals surface area contributed by atoms with Crippen LogP contribution in [0.3, 0.4) is 0 Å². The summed E-state index contributed by atoms with van der Waals surface area (Å²) in [4.78, 5) is 67.3. The molecule has 2 unspecified atom stereocenters. The summed E-state index contributed by atoms with van der Waals surface area (Å²) in [5.74, 6) is -2.34. The number of para-hydroxylation sites is 1. The molecule has 0 aliphatic rings. The molecule has 0 aliphatic carbocycles. The van der Waals surface area contributed by atoms with Crippen LogP contribution in [0.2, 0.25) is 0 Å². The Hall–Kier alpha value is -5.33. The number of carbonyl (C=O) groups is 5. The van der Waals surface area contributed by atoms with Crippen molar-refractivity contribution >= 4 is 40.9 Å². The lowest BCUT2D eigenvalue weighted by Gasteiger charge is -2.28. The van der Waals surface area contributed by atoms with Gasteiger partial charge < -0.3 is 31.7 Å². The van der Waals surface area contributed by atoms with Gasteiger partial charge in [-0.05, 0) is 29.7 Å². The maximum atomic E-state index is 14.2. The number of nitrogens with zero attached hydrogens (tertiary/aromatic N) is 2. The number of hydrogen-bond donors (Lipinski definition) is 5. The Labute approximate surface area is 279 Å². The maximum Gasteiger partial charge on any atom is 0.245 e.